The average molecular weight is 561 g/mol. The molecule has 0 aliphatic heterocycles. The molecule has 0 unspecified atom stereocenters. The molecular formula is C32H36N2O7. The number of amides is 2. The molecule has 9 heteroatoms. The average Bonchev–Trinajstić information content (AvgIpc) is 3.53. The van der Waals surface area contributed by atoms with Gasteiger partial charge in [0.25, 0.3) is 0 Å². The lowest BCUT2D eigenvalue weighted by atomic mass is 9.89. The summed E-state index contributed by atoms with van der Waals surface area (Å²) in [5.74, 6) is -0.912. The minimum atomic E-state index is -1.12. The van der Waals surface area contributed by atoms with Crippen molar-refractivity contribution in [2.75, 3.05) is 6.61 Å². The van der Waals surface area contributed by atoms with Crippen molar-refractivity contribution in [3.8, 4) is 11.1 Å². The number of benzene rings is 2. The van der Waals surface area contributed by atoms with Gasteiger partial charge >= 0.3 is 18.2 Å². The predicted molar refractivity (Wildman–Crippen MR) is 152 cm³/mol. The second-order valence-electron chi connectivity index (χ2n) is 11.6. The van der Waals surface area contributed by atoms with Crippen molar-refractivity contribution >= 4 is 18.2 Å². The smallest absolute Gasteiger partial charge is 0.410 e. The van der Waals surface area contributed by atoms with Gasteiger partial charge < -0.3 is 24.3 Å². The maximum Gasteiger partial charge on any atom is 0.410 e. The second-order valence-corrected chi connectivity index (χ2v) is 11.6. The normalized spacial score (nSPS) is 18.2. The largest absolute Gasteiger partial charge is 0.478 e. The number of rotatable bonds is 7. The molecule has 0 bridgehead atoms. The van der Waals surface area contributed by atoms with Gasteiger partial charge in [-0.15, -0.1) is 0 Å². The van der Waals surface area contributed by atoms with Gasteiger partial charge in [0, 0.05) is 5.92 Å². The number of nitrogens with one attached hydrogen (secondary N) is 1. The lowest BCUT2D eigenvalue weighted by Gasteiger charge is -2.39. The quantitative estimate of drug-likeness (QED) is 0.336. The Bertz CT molecular complexity index is 1380. The fourth-order valence-electron chi connectivity index (χ4n) is 5.85. The van der Waals surface area contributed by atoms with Crippen molar-refractivity contribution in [3.05, 3.63) is 83.3 Å². The van der Waals surface area contributed by atoms with Gasteiger partial charge in [0.1, 0.15) is 24.2 Å². The number of aromatic carboxylic acids is 1. The van der Waals surface area contributed by atoms with E-state index >= 15 is 0 Å². The number of fused-ring (bicyclic) bond motifs is 3. The molecule has 9 nitrogen and oxygen atoms in total. The molecule has 0 radical (unpaired) electrons. The van der Waals surface area contributed by atoms with Crippen LogP contribution in [0.2, 0.25) is 0 Å². The van der Waals surface area contributed by atoms with Gasteiger partial charge in [-0.05, 0) is 61.9 Å². The third-order valence-electron chi connectivity index (χ3n) is 7.63. The number of hydrogen-bond donors (Lipinski definition) is 2. The fraction of sp³-hybridized carbons (Fsp3) is 0.406. The van der Waals surface area contributed by atoms with Crippen LogP contribution in [0.3, 0.4) is 0 Å². The third-order valence-corrected chi connectivity index (χ3v) is 7.63. The summed E-state index contributed by atoms with van der Waals surface area (Å²) in [6.07, 6.45) is 3.11. The molecule has 5 rings (SSSR count). The van der Waals surface area contributed by atoms with E-state index in [-0.39, 0.29) is 30.7 Å². The van der Waals surface area contributed by atoms with Crippen molar-refractivity contribution < 1.29 is 33.4 Å². The van der Waals surface area contributed by atoms with Crippen LogP contribution in [0, 0.1) is 0 Å². The molecule has 2 atom stereocenters. The highest BCUT2D eigenvalue weighted by Gasteiger charge is 2.37. The van der Waals surface area contributed by atoms with Gasteiger partial charge in [0.15, 0.2) is 0 Å². The molecule has 2 amide bonds. The minimum Gasteiger partial charge on any atom is -0.478 e. The zero-order valence-electron chi connectivity index (χ0n) is 23.6. The lowest BCUT2D eigenvalue weighted by molar-refractivity contribution is 0.0357. The van der Waals surface area contributed by atoms with Gasteiger partial charge in [0.2, 0.25) is 0 Å². The second kappa shape index (κ2) is 11.7. The first-order chi connectivity index (χ1) is 19.6. The summed E-state index contributed by atoms with van der Waals surface area (Å²) < 4.78 is 17.0. The van der Waals surface area contributed by atoms with Gasteiger partial charge in [0.05, 0.1) is 24.2 Å². The van der Waals surface area contributed by atoms with Crippen LogP contribution in [0.4, 0.5) is 9.59 Å². The molecule has 0 saturated heterocycles. The SMILES string of the molecule is CC(C)(C)OC(=O)N[C@@H]1CCCC[C@H]1N(Cc1cc(C(=O)O)co1)C(=O)OCC1c2ccccc2-c2ccccc21. The van der Waals surface area contributed by atoms with E-state index < -0.39 is 29.8 Å². The zero-order chi connectivity index (χ0) is 29.1. The number of furan rings is 1. The molecule has 2 N–H and O–H groups in total. The summed E-state index contributed by atoms with van der Waals surface area (Å²) in [6.45, 7) is 5.53. The van der Waals surface area contributed by atoms with E-state index in [0.717, 1.165) is 41.4 Å². The van der Waals surface area contributed by atoms with Crippen LogP contribution in [0.15, 0.2) is 65.3 Å². The van der Waals surface area contributed by atoms with Crippen LogP contribution in [0.5, 0.6) is 0 Å². The molecule has 2 aliphatic carbocycles. The van der Waals surface area contributed by atoms with E-state index in [0.29, 0.717) is 18.6 Å². The van der Waals surface area contributed by atoms with Crippen molar-refractivity contribution in [2.45, 2.75) is 76.6 Å². The van der Waals surface area contributed by atoms with Gasteiger partial charge in [-0.25, -0.2) is 14.4 Å². The molecule has 216 valence electrons. The Morgan fingerprint density at radius 2 is 1.63 bits per heavy atom. The standard InChI is InChI=1S/C32H36N2O7/c1-32(2,3)41-30(37)33-27-14-8-9-15-28(27)34(17-21-16-20(18-39-21)29(35)36)31(38)40-19-26-24-12-6-4-10-22(24)23-11-5-7-13-25(23)26/h4-7,10-13,16,18,26-28H,8-9,14-15,17,19H2,1-3H3,(H,33,37)(H,35,36)/t27-,28-/m1/s1. The van der Waals surface area contributed by atoms with Gasteiger partial charge in [-0.3, -0.25) is 4.90 Å². The molecule has 0 spiro atoms. The maximum absolute atomic E-state index is 13.8. The molecule has 1 saturated carbocycles. The van der Waals surface area contributed by atoms with E-state index in [1.165, 1.54) is 6.07 Å². The van der Waals surface area contributed by atoms with Crippen molar-refractivity contribution in [2.24, 2.45) is 0 Å². The highest BCUT2D eigenvalue weighted by molar-refractivity contribution is 5.87. The summed E-state index contributed by atoms with van der Waals surface area (Å²) in [6, 6.07) is 16.9. The highest BCUT2D eigenvalue weighted by atomic mass is 16.6. The van der Waals surface area contributed by atoms with Crippen LogP contribution in [-0.2, 0) is 16.0 Å². The molecule has 2 aromatic carbocycles. The van der Waals surface area contributed by atoms with Crippen molar-refractivity contribution in [1.29, 1.82) is 0 Å². The number of carbonyl (C=O) groups excluding carboxylic acids is 2. The van der Waals surface area contributed by atoms with E-state index in [1.54, 1.807) is 25.7 Å². The number of carboxylic acids is 1. The van der Waals surface area contributed by atoms with E-state index in [2.05, 4.69) is 29.6 Å². The predicted octanol–water partition coefficient (Wildman–Crippen LogP) is 6.56. The summed E-state index contributed by atoms with van der Waals surface area (Å²) in [5, 5.41) is 12.3. The van der Waals surface area contributed by atoms with Crippen LogP contribution < -0.4 is 5.32 Å². The maximum atomic E-state index is 13.8. The molecule has 1 fully saturated rings. The van der Waals surface area contributed by atoms with Crippen LogP contribution in [0.1, 0.15) is 79.6 Å². The summed E-state index contributed by atoms with van der Waals surface area (Å²) in [4.78, 5) is 39.5. The van der Waals surface area contributed by atoms with Gasteiger partial charge in [-0.2, -0.15) is 0 Å². The number of ether oxygens (including phenoxy) is 2. The zero-order valence-corrected chi connectivity index (χ0v) is 23.6. The van der Waals surface area contributed by atoms with E-state index in [9.17, 15) is 19.5 Å². The van der Waals surface area contributed by atoms with Gasteiger partial charge in [-0.1, -0.05) is 61.4 Å². The number of carboxylic acid groups (broad SMARTS) is 1. The molecule has 1 heterocycles. The first-order valence-corrected chi connectivity index (χ1v) is 14.0. The van der Waals surface area contributed by atoms with Crippen molar-refractivity contribution in [1.82, 2.24) is 10.2 Å². The molecule has 3 aromatic rings. The first kappa shape index (κ1) is 28.3. The number of hydrogen-bond acceptors (Lipinski definition) is 6. The summed E-state index contributed by atoms with van der Waals surface area (Å²) in [7, 11) is 0. The number of carbonyl (C=O) groups is 3. The topological polar surface area (TPSA) is 118 Å². The Morgan fingerprint density at radius 1 is 1.00 bits per heavy atom. The van der Waals surface area contributed by atoms with Crippen molar-refractivity contribution in [3.63, 3.8) is 0 Å². The molecule has 41 heavy (non-hydrogen) atoms. The Morgan fingerprint density at radius 3 is 2.24 bits per heavy atom. The minimum absolute atomic E-state index is 0.000406. The Balaban J connectivity index is 1.38. The van der Waals surface area contributed by atoms with Crippen LogP contribution >= 0.6 is 0 Å². The Kier molecular flexibility index (Phi) is 8.06. The monoisotopic (exact) mass is 560 g/mol. The van der Waals surface area contributed by atoms with Crippen LogP contribution in [0.25, 0.3) is 11.1 Å². The first-order valence-electron chi connectivity index (χ1n) is 14.0. The number of alkyl carbamates (subject to hydrolysis) is 1. The summed E-state index contributed by atoms with van der Waals surface area (Å²) in [5.41, 5.74) is 3.81. The Labute approximate surface area is 239 Å². The van der Waals surface area contributed by atoms with E-state index in [1.807, 2.05) is 24.3 Å². The fourth-order valence-corrected chi connectivity index (χ4v) is 5.85. The summed E-state index contributed by atoms with van der Waals surface area (Å²) >= 11 is 0. The highest BCUT2D eigenvalue weighted by Crippen LogP contribution is 2.44. The third kappa shape index (κ3) is 6.39. The molecule has 1 aromatic heterocycles. The molecule has 2 aliphatic rings. The van der Waals surface area contributed by atoms with E-state index in [4.69, 9.17) is 13.9 Å². The molecular weight excluding hydrogens is 524 g/mol. The number of nitrogens with zero attached hydrogens (tertiary/aromatic N) is 1. The lowest BCUT2D eigenvalue weighted by Crippen LogP contribution is -2.55. The Hall–Kier alpha value is -4.27. The van der Waals surface area contributed by atoms with Crippen LogP contribution in [-0.4, -0.2) is 52.5 Å².